The van der Waals surface area contributed by atoms with Gasteiger partial charge < -0.3 is 10.2 Å². The molecule has 0 fully saturated rings. The van der Waals surface area contributed by atoms with Gasteiger partial charge in [0.2, 0.25) is 0 Å². The van der Waals surface area contributed by atoms with Crippen molar-refractivity contribution in [3.05, 3.63) is 41.5 Å². The average molecular weight is 268 g/mol. The molecule has 0 saturated heterocycles. The van der Waals surface area contributed by atoms with Crippen LogP contribution in [0.2, 0.25) is 0 Å². The van der Waals surface area contributed by atoms with Gasteiger partial charge in [-0.05, 0) is 5.56 Å². The molecular weight excluding hydrogens is 252 g/mol. The Kier molecular flexibility index (Phi) is 4.35. The van der Waals surface area contributed by atoms with Crippen molar-refractivity contribution in [2.45, 2.75) is 6.54 Å². The van der Waals surface area contributed by atoms with Crippen LogP contribution < -0.4 is 5.32 Å². The molecule has 1 aromatic carbocycles. The molecule has 2 rings (SSSR count). The van der Waals surface area contributed by atoms with Crippen LogP contribution in [0.4, 0.5) is 11.6 Å². The smallest absolute Gasteiger partial charge is 0.169 e. The molecule has 0 spiro atoms. The molecule has 0 aliphatic rings. The van der Waals surface area contributed by atoms with Crippen molar-refractivity contribution in [2.75, 3.05) is 19.4 Å². The zero-order chi connectivity index (χ0) is 14.4. The normalized spacial score (nSPS) is 10.4. The Labute approximate surface area is 117 Å². The second kappa shape index (κ2) is 6.38. The minimum Gasteiger partial charge on any atom is -0.369 e. The standard InChI is InChI=1S/C14H16N6/c1-20(2)10-17-14-12(8-15)13(18-19-14)16-9-11-6-4-3-5-7-11/h3-7,10H,9H2,1-2H3,(H2,16,18,19). The van der Waals surface area contributed by atoms with Crippen molar-refractivity contribution < 1.29 is 0 Å². The van der Waals surface area contributed by atoms with Gasteiger partial charge in [0.25, 0.3) is 0 Å². The molecule has 6 nitrogen and oxygen atoms in total. The summed E-state index contributed by atoms with van der Waals surface area (Å²) < 4.78 is 0. The van der Waals surface area contributed by atoms with Gasteiger partial charge in [-0.2, -0.15) is 10.4 Å². The first kappa shape index (κ1) is 13.6. The Bertz CT molecular complexity index is 621. The lowest BCUT2D eigenvalue weighted by molar-refractivity contribution is 0.643. The SMILES string of the molecule is CN(C)C=Nc1[nH]nc(NCc2ccccc2)c1C#N. The van der Waals surface area contributed by atoms with Gasteiger partial charge in [0.1, 0.15) is 11.6 Å². The second-order valence-electron chi connectivity index (χ2n) is 4.45. The summed E-state index contributed by atoms with van der Waals surface area (Å²) in [6, 6.07) is 12.0. The number of aromatic amines is 1. The van der Waals surface area contributed by atoms with E-state index in [1.807, 2.05) is 44.4 Å². The number of nitrogens with one attached hydrogen (secondary N) is 2. The number of nitriles is 1. The lowest BCUT2D eigenvalue weighted by Crippen LogP contribution is -2.07. The summed E-state index contributed by atoms with van der Waals surface area (Å²) in [7, 11) is 3.72. The number of aromatic nitrogens is 2. The van der Waals surface area contributed by atoms with Crippen LogP contribution in [0.25, 0.3) is 0 Å². The quantitative estimate of drug-likeness (QED) is 0.643. The number of nitrogens with zero attached hydrogens (tertiary/aromatic N) is 4. The van der Waals surface area contributed by atoms with E-state index in [9.17, 15) is 5.26 Å². The van der Waals surface area contributed by atoms with E-state index in [1.54, 1.807) is 11.2 Å². The molecule has 2 N–H and O–H groups in total. The summed E-state index contributed by atoms with van der Waals surface area (Å²) in [5.74, 6) is 0.971. The van der Waals surface area contributed by atoms with Crippen LogP contribution in [0.3, 0.4) is 0 Å². The van der Waals surface area contributed by atoms with Crippen LogP contribution in [0, 0.1) is 11.3 Å². The maximum absolute atomic E-state index is 9.21. The van der Waals surface area contributed by atoms with Crippen LogP contribution >= 0.6 is 0 Å². The molecule has 0 aliphatic heterocycles. The van der Waals surface area contributed by atoms with E-state index in [2.05, 4.69) is 26.6 Å². The molecule has 1 heterocycles. The average Bonchev–Trinajstić information content (AvgIpc) is 2.86. The molecule has 0 aliphatic carbocycles. The van der Waals surface area contributed by atoms with Gasteiger partial charge in [-0.15, -0.1) is 0 Å². The van der Waals surface area contributed by atoms with Crippen LogP contribution in [0.5, 0.6) is 0 Å². The summed E-state index contributed by atoms with van der Waals surface area (Å²) in [6.45, 7) is 0.608. The molecule has 102 valence electrons. The second-order valence-corrected chi connectivity index (χ2v) is 4.45. The molecule has 0 atom stereocenters. The fraction of sp³-hybridized carbons (Fsp3) is 0.214. The van der Waals surface area contributed by atoms with Gasteiger partial charge in [0.15, 0.2) is 11.6 Å². The van der Waals surface area contributed by atoms with Crippen molar-refractivity contribution in [2.24, 2.45) is 4.99 Å². The topological polar surface area (TPSA) is 80.1 Å². The molecule has 0 radical (unpaired) electrons. The summed E-state index contributed by atoms with van der Waals surface area (Å²) in [4.78, 5) is 5.96. The number of aliphatic imine (C=N–C) groups is 1. The van der Waals surface area contributed by atoms with Crippen molar-refractivity contribution in [1.82, 2.24) is 15.1 Å². The van der Waals surface area contributed by atoms with Crippen molar-refractivity contribution >= 4 is 18.0 Å². The largest absolute Gasteiger partial charge is 0.369 e. The molecule has 0 amide bonds. The molecular formula is C14H16N6. The van der Waals surface area contributed by atoms with Gasteiger partial charge in [-0.25, -0.2) is 4.99 Å². The van der Waals surface area contributed by atoms with Crippen LogP contribution in [-0.4, -0.2) is 35.5 Å². The van der Waals surface area contributed by atoms with Crippen LogP contribution in [0.1, 0.15) is 11.1 Å². The highest BCUT2D eigenvalue weighted by Crippen LogP contribution is 2.22. The maximum atomic E-state index is 9.21. The fourth-order valence-corrected chi connectivity index (χ4v) is 1.61. The Balaban J connectivity index is 2.11. The molecule has 0 unspecified atom stereocenters. The van der Waals surface area contributed by atoms with Gasteiger partial charge in [-0.1, -0.05) is 30.3 Å². The van der Waals surface area contributed by atoms with E-state index in [0.717, 1.165) is 5.56 Å². The summed E-state index contributed by atoms with van der Waals surface area (Å²) in [6.07, 6.45) is 1.62. The number of anilines is 1. The minimum atomic E-state index is 0.416. The number of benzene rings is 1. The zero-order valence-corrected chi connectivity index (χ0v) is 11.5. The van der Waals surface area contributed by atoms with E-state index < -0.39 is 0 Å². The molecule has 1 aromatic heterocycles. The Hall–Kier alpha value is -2.81. The van der Waals surface area contributed by atoms with Crippen molar-refractivity contribution in [1.29, 1.82) is 5.26 Å². The van der Waals surface area contributed by atoms with E-state index in [4.69, 9.17) is 0 Å². The van der Waals surface area contributed by atoms with Crippen molar-refractivity contribution in [3.63, 3.8) is 0 Å². The lowest BCUT2D eigenvalue weighted by Gasteiger charge is -2.03. The van der Waals surface area contributed by atoms with E-state index in [-0.39, 0.29) is 0 Å². The highest BCUT2D eigenvalue weighted by Gasteiger charge is 2.11. The molecule has 6 heteroatoms. The predicted molar refractivity (Wildman–Crippen MR) is 78.9 cm³/mol. The first-order valence-electron chi connectivity index (χ1n) is 6.17. The molecule has 0 bridgehead atoms. The highest BCUT2D eigenvalue weighted by molar-refractivity contribution is 5.68. The summed E-state index contributed by atoms with van der Waals surface area (Å²) >= 11 is 0. The summed E-state index contributed by atoms with van der Waals surface area (Å²) in [5, 5.41) is 19.2. The molecule has 20 heavy (non-hydrogen) atoms. The number of hydrogen-bond acceptors (Lipinski definition) is 4. The van der Waals surface area contributed by atoms with Gasteiger partial charge in [0, 0.05) is 20.6 Å². The van der Waals surface area contributed by atoms with Crippen molar-refractivity contribution in [3.8, 4) is 6.07 Å². The van der Waals surface area contributed by atoms with Crippen LogP contribution in [-0.2, 0) is 6.54 Å². The third kappa shape index (κ3) is 3.36. The number of rotatable bonds is 5. The minimum absolute atomic E-state index is 0.416. The first-order chi connectivity index (χ1) is 9.70. The zero-order valence-electron chi connectivity index (χ0n) is 11.5. The molecule has 0 saturated carbocycles. The maximum Gasteiger partial charge on any atom is 0.169 e. The third-order valence-corrected chi connectivity index (χ3v) is 2.58. The highest BCUT2D eigenvalue weighted by atomic mass is 15.2. The first-order valence-corrected chi connectivity index (χ1v) is 6.17. The Morgan fingerprint density at radius 1 is 1.40 bits per heavy atom. The predicted octanol–water partition coefficient (Wildman–Crippen LogP) is 2.11. The fourth-order valence-electron chi connectivity index (χ4n) is 1.61. The monoisotopic (exact) mass is 268 g/mol. The van der Waals surface area contributed by atoms with Gasteiger partial charge in [-0.3, -0.25) is 5.10 Å². The van der Waals surface area contributed by atoms with Gasteiger partial charge in [0.05, 0.1) is 6.34 Å². The molecule has 2 aromatic rings. The number of H-pyrrole nitrogens is 1. The number of hydrogen-bond donors (Lipinski definition) is 2. The Morgan fingerprint density at radius 3 is 2.80 bits per heavy atom. The third-order valence-electron chi connectivity index (χ3n) is 2.58. The van der Waals surface area contributed by atoms with Crippen LogP contribution in [0.15, 0.2) is 35.3 Å². The van der Waals surface area contributed by atoms with E-state index >= 15 is 0 Å². The Morgan fingerprint density at radius 2 is 2.15 bits per heavy atom. The lowest BCUT2D eigenvalue weighted by atomic mass is 10.2. The van der Waals surface area contributed by atoms with E-state index in [0.29, 0.717) is 23.7 Å². The summed E-state index contributed by atoms with van der Waals surface area (Å²) in [5.41, 5.74) is 1.54. The van der Waals surface area contributed by atoms with E-state index in [1.165, 1.54) is 0 Å². The van der Waals surface area contributed by atoms with Gasteiger partial charge >= 0.3 is 0 Å².